The largest absolute Gasteiger partial charge is 0.294 e. The number of aromatic nitrogens is 1. The number of ketones is 1. The first-order valence-corrected chi connectivity index (χ1v) is 11.3. The van der Waals surface area contributed by atoms with Crippen LogP contribution in [0.25, 0.3) is 23.1 Å². The highest BCUT2D eigenvalue weighted by Gasteiger charge is 2.10. The van der Waals surface area contributed by atoms with E-state index in [-0.39, 0.29) is 5.78 Å². The number of hydrogen-bond acceptors (Lipinski definition) is 2. The Balaban J connectivity index is 1.47. The van der Waals surface area contributed by atoms with E-state index in [9.17, 15) is 4.79 Å². The molecule has 32 heavy (non-hydrogen) atoms. The van der Waals surface area contributed by atoms with Crippen molar-refractivity contribution in [3.8, 4) is 0 Å². The Kier molecular flexibility index (Phi) is 6.82. The van der Waals surface area contributed by atoms with Crippen molar-refractivity contribution in [2.75, 3.05) is 0 Å². The zero-order valence-electron chi connectivity index (χ0n) is 18.4. The lowest BCUT2D eigenvalue weighted by molar-refractivity contribution is 0.0982. The van der Waals surface area contributed by atoms with Crippen LogP contribution in [0, 0.1) is 0 Å². The van der Waals surface area contributed by atoms with E-state index in [0.717, 1.165) is 34.1 Å². The molecule has 2 nitrogen and oxygen atoms in total. The van der Waals surface area contributed by atoms with Gasteiger partial charge in [0.15, 0.2) is 5.78 Å². The summed E-state index contributed by atoms with van der Waals surface area (Å²) >= 11 is 6.09. The van der Waals surface area contributed by atoms with Gasteiger partial charge in [-0.1, -0.05) is 86.1 Å². The van der Waals surface area contributed by atoms with Gasteiger partial charge in [0.2, 0.25) is 0 Å². The average molecular weight is 440 g/mol. The SMILES string of the molecule is CC(C)c1ccccc1CCC(=O)c1cccc(C=Cc2ccc3ccc(Cl)cc3n2)c1. The summed E-state index contributed by atoms with van der Waals surface area (Å²) in [7, 11) is 0. The Labute approximate surface area is 194 Å². The van der Waals surface area contributed by atoms with Crippen LogP contribution >= 0.6 is 11.6 Å². The molecule has 0 radical (unpaired) electrons. The van der Waals surface area contributed by atoms with Crippen LogP contribution in [-0.2, 0) is 6.42 Å². The number of halogens is 1. The number of aryl methyl sites for hydroxylation is 1. The topological polar surface area (TPSA) is 30.0 Å². The third-order valence-electron chi connectivity index (χ3n) is 5.63. The summed E-state index contributed by atoms with van der Waals surface area (Å²) in [6.45, 7) is 4.38. The van der Waals surface area contributed by atoms with Gasteiger partial charge < -0.3 is 0 Å². The van der Waals surface area contributed by atoms with E-state index in [4.69, 9.17) is 11.6 Å². The molecule has 4 rings (SSSR count). The fraction of sp³-hybridized carbons (Fsp3) is 0.172. The maximum atomic E-state index is 12.9. The van der Waals surface area contributed by atoms with Crippen molar-refractivity contribution in [1.82, 2.24) is 4.98 Å². The summed E-state index contributed by atoms with van der Waals surface area (Å²) < 4.78 is 0. The first-order valence-electron chi connectivity index (χ1n) is 10.9. The number of carbonyl (C=O) groups excluding carboxylic acids is 1. The molecule has 0 amide bonds. The van der Waals surface area contributed by atoms with E-state index < -0.39 is 0 Å². The maximum Gasteiger partial charge on any atom is 0.163 e. The van der Waals surface area contributed by atoms with E-state index >= 15 is 0 Å². The van der Waals surface area contributed by atoms with E-state index in [1.165, 1.54) is 11.1 Å². The van der Waals surface area contributed by atoms with Crippen LogP contribution in [0.2, 0.25) is 5.02 Å². The van der Waals surface area contributed by atoms with Crippen LogP contribution < -0.4 is 0 Å². The molecular weight excluding hydrogens is 414 g/mol. The van der Waals surface area contributed by atoms with Gasteiger partial charge in [-0.3, -0.25) is 4.79 Å². The van der Waals surface area contributed by atoms with Gasteiger partial charge in [0.05, 0.1) is 11.2 Å². The second-order valence-corrected chi connectivity index (χ2v) is 8.75. The van der Waals surface area contributed by atoms with Gasteiger partial charge in [0.25, 0.3) is 0 Å². The predicted octanol–water partition coefficient (Wildman–Crippen LogP) is 8.00. The van der Waals surface area contributed by atoms with Gasteiger partial charge in [-0.2, -0.15) is 0 Å². The first kappa shape index (κ1) is 22.0. The molecule has 3 aromatic carbocycles. The third kappa shape index (κ3) is 5.33. The lowest BCUT2D eigenvalue weighted by atomic mass is 9.93. The monoisotopic (exact) mass is 439 g/mol. The molecule has 0 spiro atoms. The maximum absolute atomic E-state index is 12.9. The molecule has 0 aliphatic heterocycles. The van der Waals surface area contributed by atoms with Gasteiger partial charge in [0, 0.05) is 22.4 Å². The number of hydrogen-bond donors (Lipinski definition) is 0. The zero-order chi connectivity index (χ0) is 22.5. The van der Waals surface area contributed by atoms with Crippen molar-refractivity contribution in [3.63, 3.8) is 0 Å². The van der Waals surface area contributed by atoms with E-state index in [1.54, 1.807) is 0 Å². The van der Waals surface area contributed by atoms with Crippen molar-refractivity contribution >= 4 is 40.4 Å². The Hall–Kier alpha value is -3.23. The van der Waals surface area contributed by atoms with Crippen LogP contribution in [-0.4, -0.2) is 10.8 Å². The molecule has 0 aliphatic rings. The van der Waals surface area contributed by atoms with Crippen LogP contribution in [0.4, 0.5) is 0 Å². The molecule has 1 heterocycles. The molecule has 0 bridgehead atoms. The third-order valence-corrected chi connectivity index (χ3v) is 5.86. The fourth-order valence-electron chi connectivity index (χ4n) is 3.91. The molecule has 1 aromatic heterocycles. The van der Waals surface area contributed by atoms with Gasteiger partial charge >= 0.3 is 0 Å². The number of benzene rings is 3. The predicted molar refractivity (Wildman–Crippen MR) is 135 cm³/mol. The quantitative estimate of drug-likeness (QED) is 0.273. The second-order valence-electron chi connectivity index (χ2n) is 8.31. The van der Waals surface area contributed by atoms with Crippen molar-refractivity contribution in [2.45, 2.75) is 32.6 Å². The minimum atomic E-state index is 0.164. The molecule has 0 aliphatic carbocycles. The smallest absolute Gasteiger partial charge is 0.163 e. The average Bonchev–Trinajstić information content (AvgIpc) is 2.81. The van der Waals surface area contributed by atoms with E-state index in [0.29, 0.717) is 17.4 Å². The molecular formula is C29H26ClNO. The Morgan fingerprint density at radius 3 is 2.59 bits per heavy atom. The van der Waals surface area contributed by atoms with Crippen LogP contribution in [0.15, 0.2) is 78.9 Å². The summed E-state index contributed by atoms with van der Waals surface area (Å²) in [5.41, 5.74) is 6.02. The number of Topliss-reactive ketones (excluding diaryl/α,β-unsaturated/α-hetero) is 1. The summed E-state index contributed by atoms with van der Waals surface area (Å²) in [5, 5.41) is 1.73. The Morgan fingerprint density at radius 2 is 1.75 bits per heavy atom. The van der Waals surface area contributed by atoms with Crippen LogP contribution in [0.1, 0.15) is 58.9 Å². The summed E-state index contributed by atoms with van der Waals surface area (Å²) in [6, 6.07) is 25.9. The molecule has 0 saturated carbocycles. The summed E-state index contributed by atoms with van der Waals surface area (Å²) in [5.74, 6) is 0.617. The van der Waals surface area contributed by atoms with Crippen LogP contribution in [0.3, 0.4) is 0 Å². The van der Waals surface area contributed by atoms with Gasteiger partial charge in [-0.05, 0) is 59.4 Å². The van der Waals surface area contributed by atoms with Crippen molar-refractivity contribution in [3.05, 3.63) is 112 Å². The van der Waals surface area contributed by atoms with Crippen LogP contribution in [0.5, 0.6) is 0 Å². The highest BCUT2D eigenvalue weighted by molar-refractivity contribution is 6.31. The molecule has 0 fully saturated rings. The normalized spacial score (nSPS) is 11.5. The molecule has 4 aromatic rings. The second kappa shape index (κ2) is 9.93. The molecule has 0 unspecified atom stereocenters. The minimum Gasteiger partial charge on any atom is -0.294 e. The van der Waals surface area contributed by atoms with Crippen molar-refractivity contribution in [1.29, 1.82) is 0 Å². The Morgan fingerprint density at radius 1 is 0.938 bits per heavy atom. The Bertz CT molecular complexity index is 1290. The van der Waals surface area contributed by atoms with E-state index in [2.05, 4.69) is 37.0 Å². The molecule has 0 atom stereocenters. The number of rotatable bonds is 7. The molecule has 3 heteroatoms. The lowest BCUT2D eigenvalue weighted by Crippen LogP contribution is -2.04. The lowest BCUT2D eigenvalue weighted by Gasteiger charge is -2.12. The zero-order valence-corrected chi connectivity index (χ0v) is 19.1. The fourth-order valence-corrected chi connectivity index (χ4v) is 4.08. The molecule has 160 valence electrons. The summed E-state index contributed by atoms with van der Waals surface area (Å²) in [6.07, 6.45) is 5.22. The van der Waals surface area contributed by atoms with Gasteiger partial charge in [0.1, 0.15) is 0 Å². The number of fused-ring (bicyclic) bond motifs is 1. The standard InChI is InChI=1S/C29H26ClNO/c1-20(2)27-9-4-3-7-22(27)13-17-29(32)24-8-5-6-21(18-24)10-15-26-16-12-23-11-14-25(30)19-28(23)31-26/h3-12,14-16,18-20H,13,17H2,1-2H3. The number of nitrogens with zero attached hydrogens (tertiary/aromatic N) is 1. The first-order chi connectivity index (χ1) is 15.5. The highest BCUT2D eigenvalue weighted by Crippen LogP contribution is 2.22. The minimum absolute atomic E-state index is 0.164. The van der Waals surface area contributed by atoms with E-state index in [1.807, 2.05) is 72.8 Å². The van der Waals surface area contributed by atoms with Gasteiger partial charge in [-0.25, -0.2) is 4.98 Å². The number of pyridine rings is 1. The van der Waals surface area contributed by atoms with Crippen molar-refractivity contribution in [2.24, 2.45) is 0 Å². The van der Waals surface area contributed by atoms with Crippen molar-refractivity contribution < 1.29 is 4.79 Å². The number of carbonyl (C=O) groups is 1. The highest BCUT2D eigenvalue weighted by atomic mass is 35.5. The van der Waals surface area contributed by atoms with Gasteiger partial charge in [-0.15, -0.1) is 0 Å². The molecule has 0 saturated heterocycles. The summed E-state index contributed by atoms with van der Waals surface area (Å²) in [4.78, 5) is 17.5. The molecule has 0 N–H and O–H groups in total.